The number of hydrogen-bond acceptors (Lipinski definition) is 4. The van der Waals surface area contributed by atoms with E-state index in [2.05, 4.69) is 22.5 Å². The van der Waals surface area contributed by atoms with Crippen LogP contribution in [0, 0.1) is 5.82 Å². The summed E-state index contributed by atoms with van der Waals surface area (Å²) in [5.74, 6) is -1.32. The largest absolute Gasteiger partial charge is 0.349 e. The van der Waals surface area contributed by atoms with Gasteiger partial charge in [-0.3, -0.25) is 14.4 Å². The van der Waals surface area contributed by atoms with Gasteiger partial charge in [-0.05, 0) is 68.6 Å². The van der Waals surface area contributed by atoms with Crippen molar-refractivity contribution in [2.45, 2.75) is 45.1 Å². The van der Waals surface area contributed by atoms with Crippen LogP contribution in [0.4, 0.5) is 15.8 Å². The molecular formula is C26H31FN4O3. The molecule has 0 spiro atoms. The van der Waals surface area contributed by atoms with Crippen LogP contribution >= 0.6 is 0 Å². The molecule has 8 heteroatoms. The molecule has 0 radical (unpaired) electrons. The maximum atomic E-state index is 14.0. The quantitative estimate of drug-likeness (QED) is 0.650. The number of carbonyl (C=O) groups is 3. The van der Waals surface area contributed by atoms with Crippen molar-refractivity contribution in [3.05, 3.63) is 59.4 Å². The number of amides is 3. The summed E-state index contributed by atoms with van der Waals surface area (Å²) in [5, 5.41) is 5.73. The highest BCUT2D eigenvalue weighted by molar-refractivity contribution is 6.09. The van der Waals surface area contributed by atoms with E-state index in [1.807, 2.05) is 0 Å². The van der Waals surface area contributed by atoms with Crippen LogP contribution < -0.4 is 15.5 Å². The second-order valence-electron chi connectivity index (χ2n) is 8.93. The first kappa shape index (κ1) is 23.9. The van der Waals surface area contributed by atoms with Gasteiger partial charge >= 0.3 is 0 Å². The number of likely N-dealkylation sites (tertiary alicyclic amines) is 1. The molecule has 2 aliphatic rings. The minimum absolute atomic E-state index is 0.0298. The zero-order valence-electron chi connectivity index (χ0n) is 19.5. The molecule has 0 unspecified atom stereocenters. The van der Waals surface area contributed by atoms with Gasteiger partial charge in [0.1, 0.15) is 5.82 Å². The van der Waals surface area contributed by atoms with Gasteiger partial charge in [-0.1, -0.05) is 13.0 Å². The summed E-state index contributed by atoms with van der Waals surface area (Å²) in [5.41, 5.74) is 1.32. The average molecular weight is 467 g/mol. The van der Waals surface area contributed by atoms with Gasteiger partial charge in [0.25, 0.3) is 11.8 Å². The molecule has 0 aromatic heterocycles. The second-order valence-corrected chi connectivity index (χ2v) is 8.93. The fourth-order valence-electron chi connectivity index (χ4n) is 4.63. The Bertz CT molecular complexity index is 1070. The van der Waals surface area contributed by atoms with E-state index in [9.17, 15) is 18.8 Å². The van der Waals surface area contributed by atoms with E-state index in [4.69, 9.17) is 0 Å². The zero-order chi connectivity index (χ0) is 24.1. The van der Waals surface area contributed by atoms with Gasteiger partial charge in [0.15, 0.2) is 0 Å². The lowest BCUT2D eigenvalue weighted by molar-refractivity contribution is -0.117. The first-order valence-electron chi connectivity index (χ1n) is 12.0. The number of hydrogen-bond donors (Lipinski definition) is 2. The van der Waals surface area contributed by atoms with Crippen LogP contribution in [0.3, 0.4) is 0 Å². The van der Waals surface area contributed by atoms with Gasteiger partial charge in [-0.25, -0.2) is 4.39 Å². The number of carbonyl (C=O) groups excluding carboxylic acids is 3. The molecule has 3 amide bonds. The van der Waals surface area contributed by atoms with E-state index < -0.39 is 11.7 Å². The van der Waals surface area contributed by atoms with E-state index in [0.717, 1.165) is 51.4 Å². The lowest BCUT2D eigenvalue weighted by Gasteiger charge is -2.32. The van der Waals surface area contributed by atoms with Gasteiger partial charge < -0.3 is 20.4 Å². The molecule has 180 valence electrons. The molecule has 2 aliphatic heterocycles. The molecule has 2 N–H and O–H groups in total. The Labute approximate surface area is 199 Å². The van der Waals surface area contributed by atoms with E-state index in [1.54, 1.807) is 29.2 Å². The highest BCUT2D eigenvalue weighted by Crippen LogP contribution is 2.24. The van der Waals surface area contributed by atoms with Gasteiger partial charge in [0.05, 0.1) is 11.3 Å². The average Bonchev–Trinajstić information content (AvgIpc) is 3.26. The monoisotopic (exact) mass is 466 g/mol. The number of nitrogens with one attached hydrogen (secondary N) is 2. The van der Waals surface area contributed by atoms with Crippen molar-refractivity contribution in [1.82, 2.24) is 10.2 Å². The van der Waals surface area contributed by atoms with Gasteiger partial charge in [-0.2, -0.15) is 0 Å². The van der Waals surface area contributed by atoms with Crippen LogP contribution in [0.5, 0.6) is 0 Å². The van der Waals surface area contributed by atoms with Crippen LogP contribution in [0.25, 0.3) is 0 Å². The zero-order valence-corrected chi connectivity index (χ0v) is 19.5. The summed E-state index contributed by atoms with van der Waals surface area (Å²) in [6.07, 6.45) is 4.10. The van der Waals surface area contributed by atoms with Crippen LogP contribution in [-0.2, 0) is 4.79 Å². The van der Waals surface area contributed by atoms with E-state index in [-0.39, 0.29) is 29.1 Å². The van der Waals surface area contributed by atoms with E-state index in [0.29, 0.717) is 24.2 Å². The fourth-order valence-corrected chi connectivity index (χ4v) is 4.63. The van der Waals surface area contributed by atoms with Gasteiger partial charge in [0.2, 0.25) is 5.91 Å². The maximum absolute atomic E-state index is 14.0. The number of nitrogens with zero attached hydrogens (tertiary/aromatic N) is 2. The summed E-state index contributed by atoms with van der Waals surface area (Å²) in [4.78, 5) is 42.1. The highest BCUT2D eigenvalue weighted by Gasteiger charge is 2.24. The lowest BCUT2D eigenvalue weighted by Crippen LogP contribution is -2.44. The molecule has 0 bridgehead atoms. The number of benzene rings is 2. The predicted molar refractivity (Wildman–Crippen MR) is 130 cm³/mol. The van der Waals surface area contributed by atoms with Crippen molar-refractivity contribution in [3.63, 3.8) is 0 Å². The highest BCUT2D eigenvalue weighted by atomic mass is 19.1. The summed E-state index contributed by atoms with van der Waals surface area (Å²) in [6.45, 7) is 5.70. The summed E-state index contributed by atoms with van der Waals surface area (Å²) in [7, 11) is 0. The molecule has 2 heterocycles. The minimum atomic E-state index is -0.545. The Morgan fingerprint density at radius 3 is 2.56 bits per heavy atom. The third kappa shape index (κ3) is 5.62. The Morgan fingerprint density at radius 1 is 1.06 bits per heavy atom. The summed E-state index contributed by atoms with van der Waals surface area (Å²) in [6, 6.07) is 10.6. The molecule has 2 saturated heterocycles. The van der Waals surface area contributed by atoms with Crippen molar-refractivity contribution in [2.24, 2.45) is 0 Å². The number of halogens is 1. The molecule has 7 nitrogen and oxygen atoms in total. The van der Waals surface area contributed by atoms with Crippen LogP contribution in [0.2, 0.25) is 0 Å². The van der Waals surface area contributed by atoms with Crippen LogP contribution in [-0.4, -0.2) is 54.8 Å². The standard InChI is InChI=1S/C26H31FN4O3/c1-2-12-30-14-10-20(11-15-30)28-26(34)22-9-8-19(27)17-23(22)29-25(33)18-5-3-6-21(16-18)31-13-4-7-24(31)32/h3,5-6,8-9,16-17,20H,2,4,7,10-15H2,1H3,(H,28,34)(H,29,33). The molecule has 34 heavy (non-hydrogen) atoms. The molecule has 0 aliphatic carbocycles. The Hall–Kier alpha value is -3.26. The van der Waals surface area contributed by atoms with Crippen molar-refractivity contribution in [3.8, 4) is 0 Å². The third-order valence-electron chi connectivity index (χ3n) is 6.43. The van der Waals surface area contributed by atoms with Crippen LogP contribution in [0.15, 0.2) is 42.5 Å². The van der Waals surface area contributed by atoms with E-state index in [1.165, 1.54) is 12.1 Å². The Kier molecular flexibility index (Phi) is 7.57. The number of piperidine rings is 1. The van der Waals surface area contributed by atoms with Crippen molar-refractivity contribution >= 4 is 29.1 Å². The topological polar surface area (TPSA) is 81.8 Å². The molecule has 2 aromatic carbocycles. The molecule has 2 aromatic rings. The SMILES string of the molecule is CCCN1CCC(NC(=O)c2ccc(F)cc2NC(=O)c2cccc(N3CCCC3=O)c2)CC1. The smallest absolute Gasteiger partial charge is 0.255 e. The first-order valence-corrected chi connectivity index (χ1v) is 12.0. The third-order valence-corrected chi connectivity index (χ3v) is 6.43. The summed E-state index contributed by atoms with van der Waals surface area (Å²) < 4.78 is 14.0. The van der Waals surface area contributed by atoms with E-state index >= 15 is 0 Å². The van der Waals surface area contributed by atoms with Gasteiger partial charge in [0, 0.05) is 43.3 Å². The van der Waals surface area contributed by atoms with Crippen molar-refractivity contribution in [2.75, 3.05) is 36.4 Å². The molecule has 2 fully saturated rings. The summed E-state index contributed by atoms with van der Waals surface area (Å²) >= 11 is 0. The molecule has 0 saturated carbocycles. The maximum Gasteiger partial charge on any atom is 0.255 e. The lowest BCUT2D eigenvalue weighted by atomic mass is 10.0. The molecule has 4 rings (SSSR count). The number of anilines is 2. The second kappa shape index (κ2) is 10.8. The number of rotatable bonds is 7. The Balaban J connectivity index is 1.45. The minimum Gasteiger partial charge on any atom is -0.349 e. The first-order chi connectivity index (χ1) is 16.4. The van der Waals surface area contributed by atoms with Crippen molar-refractivity contribution in [1.29, 1.82) is 0 Å². The van der Waals surface area contributed by atoms with Gasteiger partial charge in [-0.15, -0.1) is 0 Å². The predicted octanol–water partition coefficient (Wildman–Crippen LogP) is 3.81. The normalized spacial score (nSPS) is 17.1. The molecule has 0 atom stereocenters. The van der Waals surface area contributed by atoms with Crippen molar-refractivity contribution < 1.29 is 18.8 Å². The Morgan fingerprint density at radius 2 is 1.85 bits per heavy atom. The van der Waals surface area contributed by atoms with Crippen LogP contribution in [0.1, 0.15) is 59.7 Å². The fraction of sp³-hybridized carbons (Fsp3) is 0.423. The molecular weight excluding hydrogens is 435 g/mol.